The summed E-state index contributed by atoms with van der Waals surface area (Å²) < 4.78 is 0. The van der Waals surface area contributed by atoms with Gasteiger partial charge in [0.1, 0.15) is 11.6 Å². The Morgan fingerprint density at radius 2 is 2.27 bits per heavy atom. The topological polar surface area (TPSA) is 51.8 Å². The van der Waals surface area contributed by atoms with Crippen LogP contribution >= 0.6 is 28.6 Å². The molecule has 1 aromatic rings. The number of hydrogen-bond donors (Lipinski definition) is 1. The minimum absolute atomic E-state index is 0. The van der Waals surface area contributed by atoms with E-state index in [1.165, 1.54) is 0 Å². The molecule has 62 valence electrons. The van der Waals surface area contributed by atoms with Crippen molar-refractivity contribution in [3.05, 3.63) is 17.6 Å². The molecule has 0 unspecified atom stereocenters. The third-order valence-electron chi connectivity index (χ3n) is 1.16. The van der Waals surface area contributed by atoms with E-state index in [0.717, 1.165) is 5.56 Å². The van der Waals surface area contributed by atoms with Gasteiger partial charge in [-0.05, 0) is 6.92 Å². The Labute approximate surface area is 80.8 Å². The molecule has 11 heavy (non-hydrogen) atoms. The molecule has 0 radical (unpaired) electrons. The Hall–Kier alpha value is -0.350. The lowest BCUT2D eigenvalue weighted by Crippen LogP contribution is -1.99. The van der Waals surface area contributed by atoms with Crippen LogP contribution in [0.3, 0.4) is 0 Å². The van der Waals surface area contributed by atoms with Gasteiger partial charge in [0.2, 0.25) is 0 Å². The lowest BCUT2D eigenvalue weighted by molar-refractivity contribution is 1.03. The van der Waals surface area contributed by atoms with Gasteiger partial charge in [0.05, 0.1) is 5.88 Å². The molecule has 0 fully saturated rings. The van der Waals surface area contributed by atoms with Crippen LogP contribution in [0.4, 0.5) is 5.82 Å². The maximum absolute atomic E-state index is 5.52. The Bertz CT molecular complexity index is 241. The first-order chi connectivity index (χ1) is 4.74. The van der Waals surface area contributed by atoms with Crippen LogP contribution in [0.2, 0.25) is 0 Å². The Morgan fingerprint density at radius 3 is 2.73 bits per heavy atom. The van der Waals surface area contributed by atoms with Gasteiger partial charge < -0.3 is 5.73 Å². The molecule has 1 aromatic heterocycles. The second-order valence-electron chi connectivity index (χ2n) is 1.96. The van der Waals surface area contributed by atoms with Crippen molar-refractivity contribution >= 4 is 34.4 Å². The van der Waals surface area contributed by atoms with Gasteiger partial charge in [0, 0.05) is 11.8 Å². The van der Waals surface area contributed by atoms with Gasteiger partial charge >= 0.3 is 0 Å². The van der Waals surface area contributed by atoms with Crippen LogP contribution in [0.25, 0.3) is 0 Å². The summed E-state index contributed by atoms with van der Waals surface area (Å²) in [5.41, 5.74) is 6.28. The van der Waals surface area contributed by atoms with Crippen LogP contribution in [0, 0.1) is 6.92 Å². The summed E-state index contributed by atoms with van der Waals surface area (Å²) in [6.45, 7) is 1.79. The third kappa shape index (κ3) is 2.63. The van der Waals surface area contributed by atoms with Gasteiger partial charge in [-0.25, -0.2) is 9.97 Å². The van der Waals surface area contributed by atoms with Crippen LogP contribution in [-0.2, 0) is 5.88 Å². The fraction of sp³-hybridized carbons (Fsp3) is 0.333. The zero-order valence-corrected chi connectivity index (χ0v) is 8.51. The molecule has 1 heterocycles. The first-order valence-corrected chi connectivity index (χ1v) is 3.41. The van der Waals surface area contributed by atoms with E-state index in [1.807, 2.05) is 0 Å². The van der Waals surface area contributed by atoms with Crippen molar-refractivity contribution in [3.8, 4) is 0 Å². The van der Waals surface area contributed by atoms with E-state index in [-0.39, 0.29) is 17.0 Å². The predicted molar refractivity (Wildman–Crippen MR) is 51.1 cm³/mol. The maximum Gasteiger partial charge on any atom is 0.131 e. The third-order valence-corrected chi connectivity index (χ3v) is 1.45. The highest BCUT2D eigenvalue weighted by molar-refractivity contribution is 8.93. The van der Waals surface area contributed by atoms with E-state index in [2.05, 4.69) is 9.97 Å². The van der Waals surface area contributed by atoms with Crippen LogP contribution in [0.1, 0.15) is 11.4 Å². The molecule has 0 spiro atoms. The fourth-order valence-corrected chi connectivity index (χ4v) is 0.821. The van der Waals surface area contributed by atoms with E-state index < -0.39 is 0 Å². The second-order valence-corrected chi connectivity index (χ2v) is 2.23. The summed E-state index contributed by atoms with van der Waals surface area (Å²) in [6, 6.07) is 0. The second kappa shape index (κ2) is 4.51. The largest absolute Gasteiger partial charge is 0.383 e. The van der Waals surface area contributed by atoms with Gasteiger partial charge in [-0.2, -0.15) is 0 Å². The number of rotatable bonds is 1. The molecule has 0 amide bonds. The van der Waals surface area contributed by atoms with Crippen molar-refractivity contribution in [1.29, 1.82) is 0 Å². The van der Waals surface area contributed by atoms with Crippen LogP contribution in [0.15, 0.2) is 6.20 Å². The number of nitrogen functional groups attached to an aromatic ring is 1. The fourth-order valence-electron chi connectivity index (χ4n) is 0.615. The number of nitrogens with zero attached hydrogens (tertiary/aromatic N) is 2. The zero-order valence-electron chi connectivity index (χ0n) is 6.04. The quantitative estimate of drug-likeness (QED) is 0.758. The molecule has 0 aliphatic heterocycles. The molecule has 3 nitrogen and oxygen atoms in total. The average molecular weight is 239 g/mol. The van der Waals surface area contributed by atoms with Gasteiger partial charge in [-0.3, -0.25) is 0 Å². The molecule has 0 aliphatic rings. The standard InChI is InChI=1S/C6H8ClN3.BrH/c1-4-9-3-5(2-7)6(8)10-4;/h3H,2H2,1H3,(H2,8,9,10);1H. The summed E-state index contributed by atoms with van der Waals surface area (Å²) in [5, 5.41) is 0. The van der Waals surface area contributed by atoms with E-state index in [9.17, 15) is 0 Å². The predicted octanol–water partition coefficient (Wildman–Crippen LogP) is 1.68. The summed E-state index contributed by atoms with van der Waals surface area (Å²) in [7, 11) is 0. The van der Waals surface area contributed by atoms with Crippen molar-refractivity contribution in [2.75, 3.05) is 5.73 Å². The Kier molecular flexibility index (Phi) is 4.37. The number of halogens is 2. The monoisotopic (exact) mass is 237 g/mol. The van der Waals surface area contributed by atoms with Crippen LogP contribution < -0.4 is 5.73 Å². The number of aryl methyl sites for hydroxylation is 1. The summed E-state index contributed by atoms with van der Waals surface area (Å²) in [5.74, 6) is 1.51. The highest BCUT2D eigenvalue weighted by Crippen LogP contribution is 2.08. The average Bonchev–Trinajstić information content (AvgIpc) is 1.88. The molecule has 5 heteroatoms. The van der Waals surface area contributed by atoms with Gasteiger partial charge in [-0.1, -0.05) is 0 Å². The summed E-state index contributed by atoms with van der Waals surface area (Å²) >= 11 is 5.52. The molecule has 0 aromatic carbocycles. The molecular weight excluding hydrogens is 229 g/mol. The molecule has 0 atom stereocenters. The number of hydrogen-bond acceptors (Lipinski definition) is 3. The lowest BCUT2D eigenvalue weighted by atomic mass is 10.3. The number of alkyl halides is 1. The molecule has 1 rings (SSSR count). The van der Waals surface area contributed by atoms with Gasteiger partial charge in [0.25, 0.3) is 0 Å². The molecule has 0 saturated heterocycles. The van der Waals surface area contributed by atoms with Crippen LogP contribution in [-0.4, -0.2) is 9.97 Å². The number of aromatic nitrogens is 2. The molecule has 0 bridgehead atoms. The highest BCUT2D eigenvalue weighted by Gasteiger charge is 1.98. The van der Waals surface area contributed by atoms with Crippen molar-refractivity contribution in [2.24, 2.45) is 0 Å². The van der Waals surface area contributed by atoms with Crippen molar-refractivity contribution in [2.45, 2.75) is 12.8 Å². The number of nitrogens with two attached hydrogens (primary N) is 1. The van der Waals surface area contributed by atoms with Gasteiger partial charge in [-0.15, -0.1) is 28.6 Å². The maximum atomic E-state index is 5.52. The minimum atomic E-state index is 0. The van der Waals surface area contributed by atoms with Crippen molar-refractivity contribution in [3.63, 3.8) is 0 Å². The first kappa shape index (κ1) is 10.7. The SMILES string of the molecule is Br.Cc1ncc(CCl)c(N)n1. The van der Waals surface area contributed by atoms with E-state index in [0.29, 0.717) is 17.5 Å². The zero-order chi connectivity index (χ0) is 7.56. The van der Waals surface area contributed by atoms with Gasteiger partial charge in [0.15, 0.2) is 0 Å². The smallest absolute Gasteiger partial charge is 0.131 e. The normalized spacial score (nSPS) is 8.91. The van der Waals surface area contributed by atoms with Crippen LogP contribution in [0.5, 0.6) is 0 Å². The van der Waals surface area contributed by atoms with E-state index >= 15 is 0 Å². The molecule has 0 saturated carbocycles. The van der Waals surface area contributed by atoms with Crippen molar-refractivity contribution < 1.29 is 0 Å². The van der Waals surface area contributed by atoms with E-state index in [1.54, 1.807) is 13.1 Å². The summed E-state index contributed by atoms with van der Waals surface area (Å²) in [4.78, 5) is 7.86. The number of anilines is 1. The first-order valence-electron chi connectivity index (χ1n) is 2.88. The highest BCUT2D eigenvalue weighted by atomic mass is 79.9. The molecule has 0 aliphatic carbocycles. The minimum Gasteiger partial charge on any atom is -0.383 e. The Balaban J connectivity index is 0.000001000. The Morgan fingerprint density at radius 1 is 1.64 bits per heavy atom. The summed E-state index contributed by atoms with van der Waals surface area (Å²) in [6.07, 6.45) is 1.64. The molecule has 2 N–H and O–H groups in total. The lowest BCUT2D eigenvalue weighted by Gasteiger charge is -1.98. The molecular formula is C6H9BrClN3. The van der Waals surface area contributed by atoms with Crippen molar-refractivity contribution in [1.82, 2.24) is 9.97 Å². The van der Waals surface area contributed by atoms with E-state index in [4.69, 9.17) is 17.3 Å².